The fourth-order valence-corrected chi connectivity index (χ4v) is 1.63. The van der Waals surface area contributed by atoms with Crippen LogP contribution in [0.4, 0.5) is 10.2 Å². The molecule has 78 valence electrons. The normalized spacial score (nSPS) is 10.6. The Morgan fingerprint density at radius 2 is 2.13 bits per heavy atom. The summed E-state index contributed by atoms with van der Waals surface area (Å²) >= 11 is 6.31. The number of aromatic nitrogens is 3. The maximum absolute atomic E-state index is 13.5. The Bertz CT molecular complexity index is 492. The van der Waals surface area contributed by atoms with E-state index >= 15 is 0 Å². The van der Waals surface area contributed by atoms with Gasteiger partial charge >= 0.3 is 0 Å². The summed E-state index contributed by atoms with van der Waals surface area (Å²) in [5.74, 6) is -0.0749. The van der Waals surface area contributed by atoms with Crippen molar-refractivity contribution >= 4 is 37.7 Å². The maximum atomic E-state index is 13.5. The average Bonchev–Trinajstić information content (AvgIpc) is 2.46. The Kier molecular flexibility index (Phi) is 2.74. The Hall–Kier alpha value is -0.950. The number of anilines is 1. The summed E-state index contributed by atoms with van der Waals surface area (Å²) in [6, 6.07) is 1.31. The topological polar surface area (TPSA) is 56.7 Å². The van der Waals surface area contributed by atoms with Crippen LogP contribution in [-0.2, 0) is 0 Å². The van der Waals surface area contributed by atoms with E-state index in [2.05, 4.69) is 41.9 Å². The van der Waals surface area contributed by atoms with Crippen molar-refractivity contribution in [1.29, 1.82) is 0 Å². The van der Waals surface area contributed by atoms with E-state index in [9.17, 15) is 4.39 Å². The van der Waals surface area contributed by atoms with Gasteiger partial charge in [-0.3, -0.25) is 0 Å². The minimum absolute atomic E-state index is 0.107. The number of nitrogens with two attached hydrogens (primary N) is 1. The molecule has 0 aliphatic carbocycles. The van der Waals surface area contributed by atoms with E-state index in [1.54, 1.807) is 6.20 Å². The zero-order valence-electron chi connectivity index (χ0n) is 7.28. The van der Waals surface area contributed by atoms with Crippen LogP contribution in [0, 0.1) is 5.82 Å². The molecule has 15 heavy (non-hydrogen) atoms. The lowest BCUT2D eigenvalue weighted by Crippen LogP contribution is -2.02. The van der Waals surface area contributed by atoms with Crippen molar-refractivity contribution in [2.45, 2.75) is 0 Å². The first kappa shape index (κ1) is 10.6. The molecule has 7 heteroatoms. The lowest BCUT2D eigenvalue weighted by atomic mass is 10.4. The molecule has 0 fully saturated rings. The highest BCUT2D eigenvalue weighted by atomic mass is 79.9. The second-order valence-electron chi connectivity index (χ2n) is 2.77. The number of nitrogen functional groups attached to an aromatic ring is 1. The fourth-order valence-electron chi connectivity index (χ4n) is 1.05. The number of hydrogen-bond donors (Lipinski definition) is 1. The minimum atomic E-state index is -0.473. The van der Waals surface area contributed by atoms with Gasteiger partial charge in [0.05, 0.1) is 4.47 Å². The third-order valence-corrected chi connectivity index (χ3v) is 2.75. The van der Waals surface area contributed by atoms with Crippen molar-refractivity contribution in [2.75, 3.05) is 5.73 Å². The average molecular weight is 336 g/mol. The summed E-state index contributed by atoms with van der Waals surface area (Å²) in [5.41, 5.74) is 5.52. The fraction of sp³-hybridized carbons (Fsp3) is 0. The molecular weight excluding hydrogens is 331 g/mol. The van der Waals surface area contributed by atoms with Gasteiger partial charge in [-0.1, -0.05) is 0 Å². The lowest BCUT2D eigenvalue weighted by Gasteiger charge is -2.01. The first-order valence-electron chi connectivity index (χ1n) is 3.90. The van der Waals surface area contributed by atoms with E-state index in [4.69, 9.17) is 5.73 Å². The summed E-state index contributed by atoms with van der Waals surface area (Å²) in [4.78, 5) is 3.90. The summed E-state index contributed by atoms with van der Waals surface area (Å²) in [5, 5.41) is 3.90. The summed E-state index contributed by atoms with van der Waals surface area (Å²) in [6.07, 6.45) is 3.04. The van der Waals surface area contributed by atoms with E-state index in [0.29, 0.717) is 14.8 Å². The molecule has 4 nitrogen and oxygen atoms in total. The van der Waals surface area contributed by atoms with Crippen LogP contribution >= 0.6 is 31.9 Å². The van der Waals surface area contributed by atoms with Crippen molar-refractivity contribution in [3.63, 3.8) is 0 Å². The molecule has 0 bridgehead atoms. The SMILES string of the molecule is Nc1nn(-c2ncc(Br)cc2F)cc1Br. The maximum Gasteiger partial charge on any atom is 0.189 e. The van der Waals surface area contributed by atoms with Crippen molar-refractivity contribution in [2.24, 2.45) is 0 Å². The molecule has 2 N–H and O–H groups in total. The summed E-state index contributed by atoms with van der Waals surface area (Å²) < 4.78 is 15.9. The van der Waals surface area contributed by atoms with E-state index in [1.165, 1.54) is 16.9 Å². The Morgan fingerprint density at radius 1 is 1.40 bits per heavy atom. The van der Waals surface area contributed by atoms with Crippen LogP contribution in [-0.4, -0.2) is 14.8 Å². The van der Waals surface area contributed by atoms with Crippen LogP contribution in [0.5, 0.6) is 0 Å². The van der Waals surface area contributed by atoms with E-state index in [0.717, 1.165) is 0 Å². The summed E-state index contributed by atoms with van der Waals surface area (Å²) in [6.45, 7) is 0. The van der Waals surface area contributed by atoms with Crippen molar-refractivity contribution in [3.05, 3.63) is 33.2 Å². The second-order valence-corrected chi connectivity index (χ2v) is 4.54. The van der Waals surface area contributed by atoms with Crippen LogP contribution in [0.3, 0.4) is 0 Å². The van der Waals surface area contributed by atoms with E-state index < -0.39 is 5.82 Å². The Labute approximate surface area is 102 Å². The molecule has 0 spiro atoms. The molecular formula is C8H5Br2FN4. The quantitative estimate of drug-likeness (QED) is 0.871. The van der Waals surface area contributed by atoms with E-state index in [1.807, 2.05) is 0 Å². The summed E-state index contributed by atoms with van der Waals surface area (Å²) in [7, 11) is 0. The highest BCUT2D eigenvalue weighted by molar-refractivity contribution is 9.10. The molecule has 0 saturated carbocycles. The monoisotopic (exact) mass is 334 g/mol. The molecule has 0 atom stereocenters. The standard InChI is InChI=1S/C8H5Br2FN4/c9-4-1-6(11)8(13-2-4)15-3-5(10)7(12)14-15/h1-3H,(H2,12,14). The third-order valence-electron chi connectivity index (χ3n) is 1.70. The number of pyridine rings is 1. The van der Waals surface area contributed by atoms with Gasteiger partial charge in [0.15, 0.2) is 17.5 Å². The van der Waals surface area contributed by atoms with Gasteiger partial charge in [-0.25, -0.2) is 14.1 Å². The van der Waals surface area contributed by atoms with Crippen molar-refractivity contribution in [1.82, 2.24) is 14.8 Å². The number of rotatable bonds is 1. The zero-order chi connectivity index (χ0) is 11.0. The van der Waals surface area contributed by atoms with Crippen LogP contribution in [0.1, 0.15) is 0 Å². The van der Waals surface area contributed by atoms with E-state index in [-0.39, 0.29) is 5.82 Å². The molecule has 2 rings (SSSR count). The third kappa shape index (κ3) is 2.03. The molecule has 2 aromatic heterocycles. The van der Waals surface area contributed by atoms with Gasteiger partial charge < -0.3 is 5.73 Å². The molecule has 2 aromatic rings. The highest BCUT2D eigenvalue weighted by Gasteiger charge is 2.10. The Morgan fingerprint density at radius 3 is 2.67 bits per heavy atom. The predicted molar refractivity (Wildman–Crippen MR) is 61.1 cm³/mol. The molecule has 2 heterocycles. The minimum Gasteiger partial charge on any atom is -0.381 e. The van der Waals surface area contributed by atoms with Gasteiger partial charge in [0.25, 0.3) is 0 Å². The second kappa shape index (κ2) is 3.90. The Balaban J connectivity index is 2.54. The molecule has 0 unspecified atom stereocenters. The number of nitrogens with zero attached hydrogens (tertiary/aromatic N) is 3. The first-order valence-corrected chi connectivity index (χ1v) is 5.48. The van der Waals surface area contributed by atoms with Crippen LogP contribution in [0.25, 0.3) is 5.82 Å². The largest absolute Gasteiger partial charge is 0.381 e. The number of halogens is 3. The van der Waals surface area contributed by atoms with Crippen molar-refractivity contribution in [3.8, 4) is 5.82 Å². The van der Waals surface area contributed by atoms with Crippen molar-refractivity contribution < 1.29 is 4.39 Å². The molecule has 0 amide bonds. The molecule has 0 saturated heterocycles. The van der Waals surface area contributed by atoms with Crippen LogP contribution < -0.4 is 5.73 Å². The van der Waals surface area contributed by atoms with Gasteiger partial charge in [0, 0.05) is 16.9 Å². The van der Waals surface area contributed by atoms with Gasteiger partial charge in [0.1, 0.15) is 0 Å². The van der Waals surface area contributed by atoms with Gasteiger partial charge in [-0.05, 0) is 37.9 Å². The highest BCUT2D eigenvalue weighted by Crippen LogP contribution is 2.21. The van der Waals surface area contributed by atoms with Gasteiger partial charge in [-0.15, -0.1) is 5.10 Å². The number of hydrogen-bond acceptors (Lipinski definition) is 3. The van der Waals surface area contributed by atoms with Gasteiger partial charge in [-0.2, -0.15) is 0 Å². The predicted octanol–water partition coefficient (Wildman–Crippen LogP) is 2.51. The lowest BCUT2D eigenvalue weighted by molar-refractivity contribution is 0.600. The van der Waals surface area contributed by atoms with Crippen LogP contribution in [0.2, 0.25) is 0 Å². The molecule has 0 radical (unpaired) electrons. The van der Waals surface area contributed by atoms with Crippen LogP contribution in [0.15, 0.2) is 27.4 Å². The zero-order valence-corrected chi connectivity index (χ0v) is 10.5. The smallest absolute Gasteiger partial charge is 0.189 e. The van der Waals surface area contributed by atoms with Gasteiger partial charge in [0.2, 0.25) is 0 Å². The first-order chi connectivity index (χ1) is 7.08. The molecule has 0 aliphatic rings. The molecule has 0 aromatic carbocycles. The molecule has 0 aliphatic heterocycles.